The SMILES string of the molecule is CCC1CC1NC(C)c1cc(F)ccc1O. The van der Waals surface area contributed by atoms with Crippen molar-refractivity contribution in [2.24, 2.45) is 5.92 Å². The molecular formula is C13H18FNO. The van der Waals surface area contributed by atoms with Crippen molar-refractivity contribution < 1.29 is 9.50 Å². The Morgan fingerprint density at radius 1 is 1.56 bits per heavy atom. The van der Waals surface area contributed by atoms with Crippen molar-refractivity contribution in [1.82, 2.24) is 5.32 Å². The lowest BCUT2D eigenvalue weighted by molar-refractivity contribution is 0.445. The molecule has 1 saturated carbocycles. The van der Waals surface area contributed by atoms with Gasteiger partial charge in [-0.3, -0.25) is 0 Å². The summed E-state index contributed by atoms with van der Waals surface area (Å²) in [5, 5.41) is 13.1. The second kappa shape index (κ2) is 4.42. The van der Waals surface area contributed by atoms with Crippen molar-refractivity contribution in [2.75, 3.05) is 0 Å². The van der Waals surface area contributed by atoms with Gasteiger partial charge in [0.25, 0.3) is 0 Å². The molecule has 0 radical (unpaired) electrons. The average molecular weight is 223 g/mol. The first-order valence-electron chi connectivity index (χ1n) is 5.86. The number of nitrogens with one attached hydrogen (secondary N) is 1. The van der Waals surface area contributed by atoms with Gasteiger partial charge in [-0.25, -0.2) is 4.39 Å². The maximum Gasteiger partial charge on any atom is 0.123 e. The lowest BCUT2D eigenvalue weighted by atomic mass is 10.1. The summed E-state index contributed by atoms with van der Waals surface area (Å²) in [7, 11) is 0. The molecule has 2 rings (SSSR count). The van der Waals surface area contributed by atoms with Crippen LogP contribution < -0.4 is 5.32 Å². The second-order valence-corrected chi connectivity index (χ2v) is 4.60. The van der Waals surface area contributed by atoms with E-state index in [-0.39, 0.29) is 17.6 Å². The van der Waals surface area contributed by atoms with Crippen LogP contribution in [0, 0.1) is 11.7 Å². The molecule has 0 amide bonds. The van der Waals surface area contributed by atoms with E-state index < -0.39 is 0 Å². The summed E-state index contributed by atoms with van der Waals surface area (Å²) in [6.45, 7) is 4.14. The first-order valence-corrected chi connectivity index (χ1v) is 5.86. The summed E-state index contributed by atoms with van der Waals surface area (Å²) in [6, 6.07) is 4.61. The van der Waals surface area contributed by atoms with Crippen LogP contribution in [0.5, 0.6) is 5.75 Å². The van der Waals surface area contributed by atoms with Crippen LogP contribution in [0.1, 0.15) is 38.3 Å². The molecule has 0 aromatic heterocycles. The number of aromatic hydroxyl groups is 1. The highest BCUT2D eigenvalue weighted by atomic mass is 19.1. The molecule has 1 aromatic rings. The average Bonchev–Trinajstić information content (AvgIpc) is 3.00. The zero-order valence-corrected chi connectivity index (χ0v) is 9.70. The van der Waals surface area contributed by atoms with Crippen LogP contribution in [0.4, 0.5) is 4.39 Å². The van der Waals surface area contributed by atoms with Gasteiger partial charge in [-0.2, -0.15) is 0 Å². The van der Waals surface area contributed by atoms with Crippen LogP contribution in [0.2, 0.25) is 0 Å². The zero-order chi connectivity index (χ0) is 11.7. The van der Waals surface area contributed by atoms with Crippen molar-refractivity contribution >= 4 is 0 Å². The molecule has 3 atom stereocenters. The van der Waals surface area contributed by atoms with Crippen LogP contribution in [0.25, 0.3) is 0 Å². The van der Waals surface area contributed by atoms with Gasteiger partial charge < -0.3 is 10.4 Å². The fraction of sp³-hybridized carbons (Fsp3) is 0.538. The minimum atomic E-state index is -0.302. The van der Waals surface area contributed by atoms with E-state index in [9.17, 15) is 9.50 Å². The van der Waals surface area contributed by atoms with Crippen molar-refractivity contribution in [1.29, 1.82) is 0 Å². The Hall–Kier alpha value is -1.09. The Labute approximate surface area is 95.5 Å². The smallest absolute Gasteiger partial charge is 0.123 e. The molecule has 1 aliphatic rings. The molecule has 1 fully saturated rings. The van der Waals surface area contributed by atoms with Crippen LogP contribution >= 0.6 is 0 Å². The number of halogens is 1. The predicted molar refractivity (Wildman–Crippen MR) is 61.8 cm³/mol. The van der Waals surface area contributed by atoms with Crippen molar-refractivity contribution in [3.63, 3.8) is 0 Å². The van der Waals surface area contributed by atoms with E-state index in [0.29, 0.717) is 11.6 Å². The number of hydrogen-bond acceptors (Lipinski definition) is 2. The summed E-state index contributed by atoms with van der Waals surface area (Å²) in [5.74, 6) is 0.609. The molecule has 3 unspecified atom stereocenters. The quantitative estimate of drug-likeness (QED) is 0.822. The monoisotopic (exact) mass is 223 g/mol. The van der Waals surface area contributed by atoms with Gasteiger partial charge in [0.05, 0.1) is 0 Å². The Balaban J connectivity index is 2.03. The molecule has 0 heterocycles. The van der Waals surface area contributed by atoms with E-state index in [1.54, 1.807) is 0 Å². The fourth-order valence-electron chi connectivity index (χ4n) is 2.19. The van der Waals surface area contributed by atoms with Gasteiger partial charge in [0.15, 0.2) is 0 Å². The molecule has 0 aliphatic heterocycles. The predicted octanol–water partition coefficient (Wildman–Crippen LogP) is 2.98. The number of rotatable bonds is 4. The van der Waals surface area contributed by atoms with Crippen molar-refractivity contribution in [3.05, 3.63) is 29.6 Å². The molecule has 2 N–H and O–H groups in total. The number of hydrogen-bond donors (Lipinski definition) is 2. The molecule has 16 heavy (non-hydrogen) atoms. The standard InChI is InChI=1S/C13H18FNO/c1-3-9-6-12(9)15-8(2)11-7-10(14)4-5-13(11)16/h4-5,7-9,12,15-16H,3,6H2,1-2H3. The highest BCUT2D eigenvalue weighted by Crippen LogP contribution is 2.36. The van der Waals surface area contributed by atoms with E-state index in [4.69, 9.17) is 0 Å². The maximum atomic E-state index is 13.1. The van der Waals surface area contributed by atoms with E-state index in [2.05, 4.69) is 12.2 Å². The molecule has 88 valence electrons. The molecule has 2 nitrogen and oxygen atoms in total. The molecule has 0 spiro atoms. The Morgan fingerprint density at radius 2 is 2.31 bits per heavy atom. The third kappa shape index (κ3) is 2.35. The van der Waals surface area contributed by atoms with Gasteiger partial charge in [0.2, 0.25) is 0 Å². The second-order valence-electron chi connectivity index (χ2n) is 4.60. The van der Waals surface area contributed by atoms with E-state index in [0.717, 1.165) is 5.92 Å². The third-order valence-electron chi connectivity index (χ3n) is 3.37. The van der Waals surface area contributed by atoms with Gasteiger partial charge in [-0.15, -0.1) is 0 Å². The first kappa shape index (κ1) is 11.4. The van der Waals surface area contributed by atoms with E-state index in [1.807, 2.05) is 6.92 Å². The van der Waals surface area contributed by atoms with Gasteiger partial charge in [-0.1, -0.05) is 13.3 Å². The minimum Gasteiger partial charge on any atom is -0.508 e. The molecule has 1 aromatic carbocycles. The number of phenolic OH excluding ortho intramolecular Hbond substituents is 1. The molecule has 0 bridgehead atoms. The zero-order valence-electron chi connectivity index (χ0n) is 9.70. The number of phenols is 1. The Morgan fingerprint density at radius 3 is 2.94 bits per heavy atom. The van der Waals surface area contributed by atoms with Crippen molar-refractivity contribution in [2.45, 2.75) is 38.8 Å². The van der Waals surface area contributed by atoms with Gasteiger partial charge in [0, 0.05) is 17.6 Å². The van der Waals surface area contributed by atoms with Gasteiger partial charge >= 0.3 is 0 Å². The Kier molecular flexibility index (Phi) is 3.15. The molecule has 0 saturated heterocycles. The Bertz CT molecular complexity index is 380. The van der Waals surface area contributed by atoms with Gasteiger partial charge in [0.1, 0.15) is 11.6 Å². The summed E-state index contributed by atoms with van der Waals surface area (Å²) in [6.07, 6.45) is 2.37. The molecule has 1 aliphatic carbocycles. The fourth-order valence-corrected chi connectivity index (χ4v) is 2.19. The lowest BCUT2D eigenvalue weighted by Gasteiger charge is -2.15. The lowest BCUT2D eigenvalue weighted by Crippen LogP contribution is -2.22. The summed E-state index contributed by atoms with van der Waals surface area (Å²) in [4.78, 5) is 0. The maximum absolute atomic E-state index is 13.1. The van der Waals surface area contributed by atoms with Crippen molar-refractivity contribution in [3.8, 4) is 5.75 Å². The normalized spacial score (nSPS) is 25.4. The first-order chi connectivity index (χ1) is 7.61. The highest BCUT2D eigenvalue weighted by molar-refractivity contribution is 5.35. The highest BCUT2D eigenvalue weighted by Gasteiger charge is 2.36. The van der Waals surface area contributed by atoms with Crippen LogP contribution in [0.3, 0.4) is 0 Å². The summed E-state index contributed by atoms with van der Waals surface area (Å²) < 4.78 is 13.1. The van der Waals surface area contributed by atoms with Gasteiger partial charge in [-0.05, 0) is 37.5 Å². The largest absolute Gasteiger partial charge is 0.508 e. The third-order valence-corrected chi connectivity index (χ3v) is 3.37. The topological polar surface area (TPSA) is 32.3 Å². The summed E-state index contributed by atoms with van der Waals surface area (Å²) >= 11 is 0. The van der Waals surface area contributed by atoms with Crippen LogP contribution in [-0.2, 0) is 0 Å². The van der Waals surface area contributed by atoms with Crippen LogP contribution in [0.15, 0.2) is 18.2 Å². The molecule has 3 heteroatoms. The summed E-state index contributed by atoms with van der Waals surface area (Å²) in [5.41, 5.74) is 0.641. The van der Waals surface area contributed by atoms with E-state index >= 15 is 0 Å². The van der Waals surface area contributed by atoms with Crippen LogP contribution in [-0.4, -0.2) is 11.1 Å². The van der Waals surface area contributed by atoms with E-state index in [1.165, 1.54) is 31.0 Å². The molecular weight excluding hydrogens is 205 g/mol. The number of benzene rings is 1. The minimum absolute atomic E-state index is 0.00255.